The number of aromatic nitrogens is 2. The summed E-state index contributed by atoms with van der Waals surface area (Å²) in [6.45, 7) is 0. The van der Waals surface area contributed by atoms with Gasteiger partial charge in [-0.15, -0.1) is 0 Å². The Morgan fingerprint density at radius 1 is 1.29 bits per heavy atom. The molecule has 72 valence electrons. The van der Waals surface area contributed by atoms with Crippen molar-refractivity contribution in [2.45, 2.75) is 5.32 Å². The van der Waals surface area contributed by atoms with Crippen LogP contribution < -0.4 is 4.72 Å². The molecule has 1 aromatic carbocycles. The van der Waals surface area contributed by atoms with E-state index >= 15 is 0 Å². The van der Waals surface area contributed by atoms with E-state index in [0.29, 0.717) is 15.0 Å². The van der Waals surface area contributed by atoms with E-state index in [1.165, 1.54) is 10.3 Å². The molecule has 0 N–H and O–H groups in total. The number of rotatable bonds is 3. The SMILES string of the molecule is Cn1ccnc1[Se]Cc1ccccc1. The molecule has 0 radical (unpaired) electrons. The second-order valence-electron chi connectivity index (χ2n) is 3.09. The average molecular weight is 251 g/mol. The fourth-order valence-electron chi connectivity index (χ4n) is 1.21. The van der Waals surface area contributed by atoms with E-state index < -0.39 is 0 Å². The Morgan fingerprint density at radius 3 is 2.71 bits per heavy atom. The molecule has 14 heavy (non-hydrogen) atoms. The van der Waals surface area contributed by atoms with Gasteiger partial charge in [0.05, 0.1) is 0 Å². The topological polar surface area (TPSA) is 17.8 Å². The Balaban J connectivity index is 1.99. The summed E-state index contributed by atoms with van der Waals surface area (Å²) in [6.07, 6.45) is 3.87. The first-order valence-electron chi connectivity index (χ1n) is 4.50. The van der Waals surface area contributed by atoms with Crippen LogP contribution in [0.1, 0.15) is 5.56 Å². The van der Waals surface area contributed by atoms with Crippen LogP contribution in [0.5, 0.6) is 0 Å². The van der Waals surface area contributed by atoms with Gasteiger partial charge in [-0.3, -0.25) is 0 Å². The molecule has 0 unspecified atom stereocenters. The van der Waals surface area contributed by atoms with Crippen LogP contribution in [0.2, 0.25) is 0 Å². The second kappa shape index (κ2) is 4.45. The molecular weight excluding hydrogens is 239 g/mol. The number of imidazole rings is 1. The molecule has 2 rings (SSSR count). The predicted molar refractivity (Wildman–Crippen MR) is 58.7 cm³/mol. The zero-order valence-electron chi connectivity index (χ0n) is 8.05. The first kappa shape index (κ1) is 9.50. The quantitative estimate of drug-likeness (QED) is 0.743. The Labute approximate surface area is 90.1 Å². The Kier molecular flexibility index (Phi) is 3.02. The van der Waals surface area contributed by atoms with Crippen LogP contribution in [0, 0.1) is 0 Å². The number of hydrogen-bond donors (Lipinski definition) is 0. The van der Waals surface area contributed by atoms with Gasteiger partial charge in [0.25, 0.3) is 0 Å². The molecule has 0 bridgehead atoms. The summed E-state index contributed by atoms with van der Waals surface area (Å²) in [6, 6.07) is 10.6. The number of benzene rings is 1. The molecule has 0 amide bonds. The molecule has 1 heterocycles. The van der Waals surface area contributed by atoms with Crippen molar-refractivity contribution in [1.29, 1.82) is 0 Å². The molecule has 0 aliphatic carbocycles. The Morgan fingerprint density at radius 2 is 2.07 bits per heavy atom. The van der Waals surface area contributed by atoms with Crippen LogP contribution in [-0.2, 0) is 12.4 Å². The molecule has 0 aliphatic rings. The first-order valence-corrected chi connectivity index (χ1v) is 6.57. The van der Waals surface area contributed by atoms with E-state index in [2.05, 4.69) is 46.9 Å². The summed E-state index contributed by atoms with van der Waals surface area (Å²) < 4.78 is 3.31. The second-order valence-corrected chi connectivity index (χ2v) is 5.07. The number of hydrogen-bond acceptors (Lipinski definition) is 1. The zero-order chi connectivity index (χ0) is 9.80. The molecule has 2 aromatic rings. The molecule has 0 fully saturated rings. The van der Waals surface area contributed by atoms with Crippen LogP contribution >= 0.6 is 0 Å². The van der Waals surface area contributed by atoms with Gasteiger partial charge in [-0.05, 0) is 0 Å². The van der Waals surface area contributed by atoms with Gasteiger partial charge >= 0.3 is 89.9 Å². The van der Waals surface area contributed by atoms with Gasteiger partial charge in [0, 0.05) is 0 Å². The Bertz CT molecular complexity index is 395. The van der Waals surface area contributed by atoms with Crippen molar-refractivity contribution in [2.75, 3.05) is 0 Å². The fourth-order valence-corrected chi connectivity index (χ4v) is 3.08. The van der Waals surface area contributed by atoms with E-state index in [1.54, 1.807) is 0 Å². The maximum absolute atomic E-state index is 4.32. The monoisotopic (exact) mass is 252 g/mol. The molecule has 2 nitrogen and oxygen atoms in total. The summed E-state index contributed by atoms with van der Waals surface area (Å²) in [5.41, 5.74) is 1.40. The molecule has 3 heteroatoms. The number of nitrogens with zero attached hydrogens (tertiary/aromatic N) is 2. The van der Waals surface area contributed by atoms with Gasteiger partial charge < -0.3 is 0 Å². The van der Waals surface area contributed by atoms with Crippen molar-refractivity contribution in [3.05, 3.63) is 48.3 Å². The van der Waals surface area contributed by atoms with Gasteiger partial charge in [0.2, 0.25) is 0 Å². The Hall–Kier alpha value is -1.05. The summed E-state index contributed by atoms with van der Waals surface area (Å²) in [4.78, 5) is 4.32. The molecule has 0 saturated carbocycles. The minimum atomic E-state index is 0.444. The van der Waals surface area contributed by atoms with Crippen LogP contribution in [-0.4, -0.2) is 24.5 Å². The normalized spacial score (nSPS) is 10.4. The van der Waals surface area contributed by atoms with Crippen LogP contribution in [0.15, 0.2) is 42.7 Å². The molecule has 1 aromatic heterocycles. The van der Waals surface area contributed by atoms with E-state index in [1.807, 2.05) is 12.4 Å². The summed E-state index contributed by atoms with van der Waals surface area (Å²) in [7, 11) is 2.05. The van der Waals surface area contributed by atoms with Crippen molar-refractivity contribution < 1.29 is 0 Å². The third-order valence-electron chi connectivity index (χ3n) is 1.99. The first-order chi connectivity index (χ1) is 6.86. The van der Waals surface area contributed by atoms with Crippen LogP contribution in [0.25, 0.3) is 0 Å². The molecule has 0 spiro atoms. The molecule has 0 aliphatic heterocycles. The van der Waals surface area contributed by atoms with Crippen molar-refractivity contribution in [3.8, 4) is 0 Å². The van der Waals surface area contributed by atoms with E-state index in [4.69, 9.17) is 0 Å². The van der Waals surface area contributed by atoms with Gasteiger partial charge in [-0.2, -0.15) is 0 Å². The van der Waals surface area contributed by atoms with Gasteiger partial charge in [-0.25, -0.2) is 0 Å². The van der Waals surface area contributed by atoms with Crippen LogP contribution in [0.4, 0.5) is 0 Å². The summed E-state index contributed by atoms with van der Waals surface area (Å²) >= 11 is 0.444. The average Bonchev–Trinajstić information content (AvgIpc) is 2.63. The van der Waals surface area contributed by atoms with E-state index in [-0.39, 0.29) is 0 Å². The molecule has 0 saturated heterocycles. The van der Waals surface area contributed by atoms with E-state index in [0.717, 1.165) is 5.32 Å². The zero-order valence-corrected chi connectivity index (χ0v) is 9.76. The van der Waals surface area contributed by atoms with Gasteiger partial charge in [0.15, 0.2) is 0 Å². The third-order valence-corrected chi connectivity index (χ3v) is 4.36. The van der Waals surface area contributed by atoms with Gasteiger partial charge in [-0.1, -0.05) is 0 Å². The van der Waals surface area contributed by atoms with E-state index in [9.17, 15) is 0 Å². The van der Waals surface area contributed by atoms with Crippen LogP contribution in [0.3, 0.4) is 0 Å². The summed E-state index contributed by atoms with van der Waals surface area (Å²) in [5, 5.41) is 1.12. The number of aryl methyl sites for hydroxylation is 1. The maximum atomic E-state index is 4.32. The van der Waals surface area contributed by atoms with Crippen molar-refractivity contribution in [1.82, 2.24) is 9.55 Å². The van der Waals surface area contributed by atoms with Crippen molar-refractivity contribution >= 4 is 19.7 Å². The fraction of sp³-hybridized carbons (Fsp3) is 0.182. The molecule has 0 atom stereocenters. The summed E-state index contributed by atoms with van der Waals surface area (Å²) in [5.74, 6) is 0. The molecular formula is C11H12N2Se. The van der Waals surface area contributed by atoms with Gasteiger partial charge in [0.1, 0.15) is 0 Å². The predicted octanol–water partition coefficient (Wildman–Crippen LogP) is 0.950. The van der Waals surface area contributed by atoms with Crippen molar-refractivity contribution in [3.63, 3.8) is 0 Å². The van der Waals surface area contributed by atoms with Crippen molar-refractivity contribution in [2.24, 2.45) is 7.05 Å². The minimum absolute atomic E-state index is 0.444. The third kappa shape index (κ3) is 2.25. The standard InChI is InChI=1S/C11H12N2Se/c1-13-8-7-12-11(13)14-9-10-5-3-2-4-6-10/h2-8H,9H2,1H3.